The largest absolute Gasteiger partial charge is 0.313 e. The second-order valence-corrected chi connectivity index (χ2v) is 9.68. The first kappa shape index (κ1) is 15.2. The summed E-state index contributed by atoms with van der Waals surface area (Å²) in [4.78, 5) is 0. The maximum atomic E-state index is 9.05. The van der Waals surface area contributed by atoms with Crippen molar-refractivity contribution >= 4 is 21.8 Å². The standard InChI is InChI=1S/C34H32N2/c1-23(2)33-21-27-9-5-7-11-31(27)35(33)29-17-13-25(14-18-29)26-15-19-30(20-16-26)36-32-12-8-6-10-28(32)22-34(36)24(3)4/h5-24H,1-4H3/i13D,14D,15D,16D,17D,18D,19D,20D. The topological polar surface area (TPSA) is 9.86 Å². The van der Waals surface area contributed by atoms with Gasteiger partial charge >= 0.3 is 0 Å². The van der Waals surface area contributed by atoms with Crippen molar-refractivity contribution in [2.45, 2.75) is 39.5 Å². The molecule has 0 spiro atoms. The first-order valence-corrected chi connectivity index (χ1v) is 12.3. The summed E-state index contributed by atoms with van der Waals surface area (Å²) in [5, 5.41) is 1.82. The maximum Gasteiger partial charge on any atom is 0.0645 e. The Balaban J connectivity index is 1.65. The second-order valence-electron chi connectivity index (χ2n) is 9.68. The predicted molar refractivity (Wildman–Crippen MR) is 154 cm³/mol. The first-order valence-electron chi connectivity index (χ1n) is 16.3. The minimum absolute atomic E-state index is 0.0220. The van der Waals surface area contributed by atoms with Crippen molar-refractivity contribution in [3.63, 3.8) is 0 Å². The van der Waals surface area contributed by atoms with Crippen molar-refractivity contribution < 1.29 is 11.0 Å². The van der Waals surface area contributed by atoms with E-state index in [4.69, 9.17) is 11.0 Å². The zero-order valence-electron chi connectivity index (χ0n) is 28.8. The van der Waals surface area contributed by atoms with Gasteiger partial charge in [-0.25, -0.2) is 0 Å². The van der Waals surface area contributed by atoms with Crippen LogP contribution < -0.4 is 0 Å². The van der Waals surface area contributed by atoms with Gasteiger partial charge in [-0.05, 0) is 71.4 Å². The van der Waals surface area contributed by atoms with Crippen LogP contribution in [0.5, 0.6) is 0 Å². The Morgan fingerprint density at radius 1 is 0.528 bits per heavy atom. The normalized spacial score (nSPS) is 14.9. The van der Waals surface area contributed by atoms with Crippen LogP contribution >= 0.6 is 0 Å². The van der Waals surface area contributed by atoms with Crippen LogP contribution in [0.15, 0.2) is 109 Å². The molecule has 4 aromatic carbocycles. The van der Waals surface area contributed by atoms with E-state index in [-0.39, 0.29) is 58.5 Å². The van der Waals surface area contributed by atoms with E-state index >= 15 is 0 Å². The van der Waals surface area contributed by atoms with Gasteiger partial charge in [0.05, 0.1) is 22.0 Å². The summed E-state index contributed by atoms with van der Waals surface area (Å²) in [6.07, 6.45) is 0. The molecule has 0 aliphatic carbocycles. The van der Waals surface area contributed by atoms with Crippen LogP contribution in [-0.4, -0.2) is 9.13 Å². The number of hydrogen-bond acceptors (Lipinski definition) is 0. The van der Waals surface area contributed by atoms with Crippen LogP contribution in [0.4, 0.5) is 0 Å². The van der Waals surface area contributed by atoms with Gasteiger partial charge < -0.3 is 9.13 Å². The maximum absolute atomic E-state index is 9.05. The van der Waals surface area contributed by atoms with Crippen molar-refractivity contribution in [2.24, 2.45) is 0 Å². The number of rotatable bonds is 5. The molecule has 0 unspecified atom stereocenters. The van der Waals surface area contributed by atoms with Crippen LogP contribution in [0.2, 0.25) is 0 Å². The van der Waals surface area contributed by atoms with E-state index in [1.165, 1.54) is 0 Å². The van der Waals surface area contributed by atoms with Gasteiger partial charge in [-0.1, -0.05) is 88.3 Å². The zero-order chi connectivity index (χ0) is 31.8. The Morgan fingerprint density at radius 2 is 0.889 bits per heavy atom. The van der Waals surface area contributed by atoms with E-state index in [0.717, 1.165) is 33.2 Å². The molecule has 0 N–H and O–H groups in total. The minimum atomic E-state index is -0.420. The molecular weight excluding hydrogens is 436 g/mol. The molecule has 36 heavy (non-hydrogen) atoms. The Kier molecular flexibility index (Phi) is 3.74. The average molecular weight is 477 g/mol. The van der Waals surface area contributed by atoms with E-state index in [2.05, 4.69) is 0 Å². The third-order valence-corrected chi connectivity index (χ3v) is 6.58. The highest BCUT2D eigenvalue weighted by atomic mass is 15.0. The van der Waals surface area contributed by atoms with Gasteiger partial charge in [0.1, 0.15) is 0 Å². The summed E-state index contributed by atoms with van der Waals surface area (Å²) in [5.74, 6) is 0.0439. The molecular formula is C34H32N2. The van der Waals surface area contributed by atoms with Crippen LogP contribution in [-0.2, 0) is 0 Å². The molecule has 6 aromatic rings. The van der Waals surface area contributed by atoms with Crippen LogP contribution in [0.1, 0.15) is 61.9 Å². The molecule has 2 nitrogen and oxygen atoms in total. The van der Waals surface area contributed by atoms with Gasteiger partial charge in [-0.3, -0.25) is 0 Å². The molecule has 0 aliphatic heterocycles. The number of aromatic nitrogens is 2. The smallest absolute Gasteiger partial charge is 0.0645 e. The summed E-state index contributed by atoms with van der Waals surface area (Å²) in [6.45, 7) is 8.00. The highest BCUT2D eigenvalue weighted by molar-refractivity contribution is 5.85. The molecule has 2 heterocycles. The van der Waals surface area contributed by atoms with Crippen molar-refractivity contribution in [1.82, 2.24) is 9.13 Å². The molecule has 0 radical (unpaired) electrons. The van der Waals surface area contributed by atoms with E-state index in [1.807, 2.05) is 88.4 Å². The van der Waals surface area contributed by atoms with E-state index in [0.29, 0.717) is 0 Å². The predicted octanol–water partition coefficient (Wildman–Crippen LogP) is 9.49. The Labute approximate surface area is 224 Å². The fourth-order valence-corrected chi connectivity index (χ4v) is 4.79. The quantitative estimate of drug-likeness (QED) is 0.234. The molecule has 6 rings (SSSR count). The van der Waals surface area contributed by atoms with Gasteiger partial charge in [-0.2, -0.15) is 0 Å². The molecule has 0 saturated heterocycles. The molecule has 0 fully saturated rings. The van der Waals surface area contributed by atoms with Gasteiger partial charge in [0, 0.05) is 33.5 Å². The molecule has 2 aromatic heterocycles. The molecule has 0 atom stereocenters. The second kappa shape index (κ2) is 8.87. The van der Waals surface area contributed by atoms with Crippen molar-refractivity contribution in [2.75, 3.05) is 0 Å². The number of hydrogen-bond donors (Lipinski definition) is 0. The highest BCUT2D eigenvalue weighted by Crippen LogP contribution is 2.32. The monoisotopic (exact) mass is 476 g/mol. The lowest BCUT2D eigenvalue weighted by Gasteiger charge is -2.15. The molecule has 0 saturated carbocycles. The SMILES string of the molecule is [2H]c1c([2H])c(-n2c(C(C)C)cc3ccccc32)c([2H])c([2H])c1-c1c([2H])c([2H])c(-n2c(C(C)C)cc3ccccc32)c([2H])c1[2H]. The van der Waals surface area contributed by atoms with Crippen LogP contribution in [0.25, 0.3) is 44.3 Å². The molecule has 0 bridgehead atoms. The fraction of sp³-hybridized carbons (Fsp3) is 0.176. The fourth-order valence-electron chi connectivity index (χ4n) is 4.79. The number of nitrogens with zero attached hydrogens (tertiary/aromatic N) is 2. The zero-order valence-corrected chi connectivity index (χ0v) is 20.8. The van der Waals surface area contributed by atoms with Gasteiger partial charge in [0.2, 0.25) is 0 Å². The molecule has 178 valence electrons. The Hall–Kier alpha value is -4.04. The van der Waals surface area contributed by atoms with E-state index in [9.17, 15) is 0 Å². The third-order valence-electron chi connectivity index (χ3n) is 6.58. The summed E-state index contributed by atoms with van der Waals surface area (Å²) in [5.41, 5.74) is 2.81. The lowest BCUT2D eigenvalue weighted by molar-refractivity contribution is 0.796. The lowest BCUT2D eigenvalue weighted by atomic mass is 10.0. The summed E-state index contributed by atoms with van der Waals surface area (Å²) in [7, 11) is 0. The number of benzene rings is 4. The van der Waals surface area contributed by atoms with E-state index < -0.39 is 24.2 Å². The van der Waals surface area contributed by atoms with Gasteiger partial charge in [-0.15, -0.1) is 0 Å². The molecule has 0 aliphatic rings. The Bertz CT molecular complexity index is 1910. The van der Waals surface area contributed by atoms with Crippen molar-refractivity contribution in [3.8, 4) is 22.5 Å². The lowest BCUT2D eigenvalue weighted by Crippen LogP contribution is -2.02. The Morgan fingerprint density at radius 3 is 1.25 bits per heavy atom. The average Bonchev–Trinajstić information content (AvgIpc) is 3.57. The van der Waals surface area contributed by atoms with Crippen LogP contribution in [0, 0.1) is 0 Å². The van der Waals surface area contributed by atoms with E-state index in [1.54, 1.807) is 9.13 Å². The van der Waals surface area contributed by atoms with Crippen molar-refractivity contribution in [1.29, 1.82) is 0 Å². The number of fused-ring (bicyclic) bond motifs is 2. The summed E-state index contributed by atoms with van der Waals surface area (Å²) >= 11 is 0. The molecule has 0 amide bonds. The summed E-state index contributed by atoms with van der Waals surface area (Å²) < 4.78 is 75.8. The van der Waals surface area contributed by atoms with Gasteiger partial charge in [0.25, 0.3) is 0 Å². The summed E-state index contributed by atoms with van der Waals surface area (Å²) in [6, 6.07) is 16.2. The third kappa shape index (κ3) is 3.74. The minimum Gasteiger partial charge on any atom is -0.313 e. The first-order chi connectivity index (χ1) is 20.9. The van der Waals surface area contributed by atoms with Crippen molar-refractivity contribution in [3.05, 3.63) is 120 Å². The molecule has 2 heteroatoms. The van der Waals surface area contributed by atoms with Gasteiger partial charge in [0.15, 0.2) is 0 Å². The highest BCUT2D eigenvalue weighted by Gasteiger charge is 2.15. The van der Waals surface area contributed by atoms with Crippen LogP contribution in [0.3, 0.4) is 0 Å². The number of para-hydroxylation sites is 2.